The van der Waals surface area contributed by atoms with Gasteiger partial charge in [0.15, 0.2) is 0 Å². The van der Waals surface area contributed by atoms with Crippen LogP contribution in [0.25, 0.3) is 0 Å². The van der Waals surface area contributed by atoms with Crippen molar-refractivity contribution >= 4 is 23.6 Å². The summed E-state index contributed by atoms with van der Waals surface area (Å²) in [6, 6.07) is 7.98. The summed E-state index contributed by atoms with van der Waals surface area (Å²) in [5, 5.41) is 9.16. The van der Waals surface area contributed by atoms with E-state index < -0.39 is 0 Å². The highest BCUT2D eigenvalue weighted by Crippen LogP contribution is 2.21. The van der Waals surface area contributed by atoms with Crippen LogP contribution in [0.3, 0.4) is 0 Å². The number of hydrogen-bond acceptors (Lipinski definition) is 4. The van der Waals surface area contributed by atoms with E-state index in [2.05, 4.69) is 20.5 Å². The molecule has 0 atom stereocenters. The van der Waals surface area contributed by atoms with Crippen molar-refractivity contribution in [1.82, 2.24) is 15.2 Å². The molecule has 0 radical (unpaired) electrons. The van der Waals surface area contributed by atoms with E-state index in [-0.39, 0.29) is 5.91 Å². The number of anilines is 1. The van der Waals surface area contributed by atoms with Gasteiger partial charge >= 0.3 is 0 Å². The quantitative estimate of drug-likeness (QED) is 0.828. The van der Waals surface area contributed by atoms with Gasteiger partial charge in [0.2, 0.25) is 11.9 Å². The molecular formula is C12H14N4OS. The molecule has 5 nitrogen and oxygen atoms in total. The smallest absolute Gasteiger partial charge is 0.248 e. The van der Waals surface area contributed by atoms with Gasteiger partial charge in [-0.15, -0.1) is 16.9 Å². The molecule has 6 heteroatoms. The normalized spacial score (nSPS) is 10.3. The molecule has 2 rings (SSSR count). The lowest BCUT2D eigenvalue weighted by Crippen LogP contribution is -2.15. The zero-order valence-corrected chi connectivity index (χ0v) is 11.0. The van der Waals surface area contributed by atoms with E-state index in [1.807, 2.05) is 31.2 Å². The van der Waals surface area contributed by atoms with Gasteiger partial charge < -0.3 is 0 Å². The van der Waals surface area contributed by atoms with Gasteiger partial charge in [-0.2, -0.15) is 4.98 Å². The van der Waals surface area contributed by atoms with Crippen LogP contribution >= 0.6 is 11.8 Å². The van der Waals surface area contributed by atoms with Crippen LogP contribution in [0.1, 0.15) is 11.4 Å². The Morgan fingerprint density at radius 2 is 2.17 bits per heavy atom. The summed E-state index contributed by atoms with van der Waals surface area (Å²) in [6.07, 6.45) is 0. The number of carbonyl (C=O) groups excluding carboxylic acids is 1. The summed E-state index contributed by atoms with van der Waals surface area (Å²) in [5.74, 6) is 1.24. The van der Waals surface area contributed by atoms with Crippen LogP contribution in [-0.2, 0) is 4.79 Å². The SMILES string of the molecule is Cc1nc(NC(=O)CSc2ccccc2C)n[nH]1. The number of aryl methyl sites for hydroxylation is 2. The minimum atomic E-state index is -0.109. The summed E-state index contributed by atoms with van der Waals surface area (Å²) in [6.45, 7) is 3.81. The Kier molecular flexibility index (Phi) is 3.99. The molecule has 0 saturated heterocycles. The molecule has 0 fully saturated rings. The maximum atomic E-state index is 11.7. The first-order chi connectivity index (χ1) is 8.65. The van der Waals surface area contributed by atoms with Gasteiger partial charge in [0.1, 0.15) is 5.82 Å². The lowest BCUT2D eigenvalue weighted by molar-refractivity contribution is -0.113. The van der Waals surface area contributed by atoms with Crippen molar-refractivity contribution in [3.63, 3.8) is 0 Å². The van der Waals surface area contributed by atoms with Crippen LogP contribution < -0.4 is 5.32 Å². The van der Waals surface area contributed by atoms with E-state index in [4.69, 9.17) is 0 Å². The molecule has 0 aliphatic carbocycles. The summed E-state index contributed by atoms with van der Waals surface area (Å²) >= 11 is 1.50. The fourth-order valence-corrected chi connectivity index (χ4v) is 2.25. The van der Waals surface area contributed by atoms with Gasteiger partial charge in [0, 0.05) is 4.90 Å². The number of amides is 1. The van der Waals surface area contributed by atoms with E-state index in [0.29, 0.717) is 17.5 Å². The van der Waals surface area contributed by atoms with Gasteiger partial charge in [0.25, 0.3) is 0 Å². The van der Waals surface area contributed by atoms with Crippen molar-refractivity contribution in [2.45, 2.75) is 18.7 Å². The van der Waals surface area contributed by atoms with E-state index in [1.54, 1.807) is 6.92 Å². The first kappa shape index (κ1) is 12.6. The number of hydrogen-bond donors (Lipinski definition) is 2. The zero-order valence-electron chi connectivity index (χ0n) is 10.2. The predicted octanol–water partition coefficient (Wildman–Crippen LogP) is 2.15. The van der Waals surface area contributed by atoms with Gasteiger partial charge in [-0.3, -0.25) is 15.2 Å². The molecule has 0 aliphatic heterocycles. The number of carbonyl (C=O) groups is 1. The van der Waals surface area contributed by atoms with Crippen LogP contribution in [0.5, 0.6) is 0 Å². The van der Waals surface area contributed by atoms with Crippen LogP contribution in [0.15, 0.2) is 29.2 Å². The molecule has 0 aliphatic rings. The molecule has 1 amide bonds. The molecule has 1 heterocycles. The monoisotopic (exact) mass is 262 g/mol. The highest BCUT2D eigenvalue weighted by molar-refractivity contribution is 8.00. The fraction of sp³-hybridized carbons (Fsp3) is 0.250. The Bertz CT molecular complexity index is 553. The Labute approximate surface area is 109 Å². The zero-order chi connectivity index (χ0) is 13.0. The predicted molar refractivity (Wildman–Crippen MR) is 71.7 cm³/mol. The third-order valence-electron chi connectivity index (χ3n) is 2.30. The standard InChI is InChI=1S/C12H14N4OS/c1-8-5-3-4-6-10(8)18-7-11(17)14-12-13-9(2)15-16-12/h3-6H,7H2,1-2H3,(H2,13,14,15,16,17). The van der Waals surface area contributed by atoms with Crippen molar-refractivity contribution < 1.29 is 4.79 Å². The largest absolute Gasteiger partial charge is 0.292 e. The third-order valence-corrected chi connectivity index (χ3v) is 3.48. The van der Waals surface area contributed by atoms with Crippen molar-refractivity contribution in [1.29, 1.82) is 0 Å². The van der Waals surface area contributed by atoms with Gasteiger partial charge in [-0.25, -0.2) is 0 Å². The molecular weight excluding hydrogens is 248 g/mol. The fourth-order valence-electron chi connectivity index (χ4n) is 1.42. The molecule has 2 aromatic rings. The van der Waals surface area contributed by atoms with Crippen LogP contribution in [-0.4, -0.2) is 26.8 Å². The number of thioether (sulfide) groups is 1. The molecule has 94 valence electrons. The second-order valence-corrected chi connectivity index (χ2v) is 4.86. The molecule has 2 N–H and O–H groups in total. The summed E-state index contributed by atoms with van der Waals surface area (Å²) in [7, 11) is 0. The van der Waals surface area contributed by atoms with Gasteiger partial charge in [-0.1, -0.05) is 18.2 Å². The molecule has 18 heavy (non-hydrogen) atoms. The lowest BCUT2D eigenvalue weighted by atomic mass is 10.2. The molecule has 0 bridgehead atoms. The van der Waals surface area contributed by atoms with Crippen molar-refractivity contribution in [2.75, 3.05) is 11.1 Å². The summed E-state index contributed by atoms with van der Waals surface area (Å²) in [4.78, 5) is 16.8. The highest BCUT2D eigenvalue weighted by Gasteiger charge is 2.07. The van der Waals surface area contributed by atoms with Crippen molar-refractivity contribution in [3.05, 3.63) is 35.7 Å². The maximum Gasteiger partial charge on any atom is 0.248 e. The Hall–Kier alpha value is -1.82. The topological polar surface area (TPSA) is 70.7 Å². The van der Waals surface area contributed by atoms with E-state index >= 15 is 0 Å². The molecule has 0 unspecified atom stereocenters. The summed E-state index contributed by atoms with van der Waals surface area (Å²) < 4.78 is 0. The minimum absolute atomic E-state index is 0.109. The number of aromatic amines is 1. The molecule has 0 saturated carbocycles. The van der Waals surface area contributed by atoms with Crippen LogP contribution in [0.4, 0.5) is 5.95 Å². The van der Waals surface area contributed by atoms with Gasteiger partial charge in [-0.05, 0) is 25.5 Å². The van der Waals surface area contributed by atoms with E-state index in [9.17, 15) is 4.79 Å². The highest BCUT2D eigenvalue weighted by atomic mass is 32.2. The van der Waals surface area contributed by atoms with Crippen LogP contribution in [0, 0.1) is 13.8 Å². The van der Waals surface area contributed by atoms with Gasteiger partial charge in [0.05, 0.1) is 5.75 Å². The van der Waals surface area contributed by atoms with E-state index in [1.165, 1.54) is 17.3 Å². The number of aromatic nitrogens is 3. The maximum absolute atomic E-state index is 11.7. The summed E-state index contributed by atoms with van der Waals surface area (Å²) in [5.41, 5.74) is 1.17. The van der Waals surface area contributed by atoms with Crippen LogP contribution in [0.2, 0.25) is 0 Å². The first-order valence-electron chi connectivity index (χ1n) is 5.52. The average molecular weight is 262 g/mol. The lowest BCUT2D eigenvalue weighted by Gasteiger charge is -2.04. The van der Waals surface area contributed by atoms with Crippen molar-refractivity contribution in [3.8, 4) is 0 Å². The molecule has 1 aromatic heterocycles. The average Bonchev–Trinajstić information content (AvgIpc) is 2.74. The second kappa shape index (κ2) is 5.68. The minimum Gasteiger partial charge on any atom is -0.292 e. The molecule has 0 spiro atoms. The number of nitrogens with one attached hydrogen (secondary N) is 2. The first-order valence-corrected chi connectivity index (χ1v) is 6.51. The Morgan fingerprint density at radius 3 is 2.83 bits per heavy atom. The second-order valence-electron chi connectivity index (χ2n) is 3.85. The van der Waals surface area contributed by atoms with E-state index in [0.717, 1.165) is 4.90 Å². The molecule has 1 aromatic carbocycles. The number of rotatable bonds is 4. The number of H-pyrrole nitrogens is 1. The van der Waals surface area contributed by atoms with Crippen molar-refractivity contribution in [2.24, 2.45) is 0 Å². The third kappa shape index (κ3) is 3.33. The number of nitrogens with zero attached hydrogens (tertiary/aromatic N) is 2. The Morgan fingerprint density at radius 1 is 1.39 bits per heavy atom. The number of benzene rings is 1. The Balaban J connectivity index is 1.87.